The summed E-state index contributed by atoms with van der Waals surface area (Å²) in [7, 11) is 5.70. The fraction of sp³-hybridized carbons (Fsp3) is 0.727. The van der Waals surface area contributed by atoms with Crippen LogP contribution in [0, 0.1) is 5.41 Å². The summed E-state index contributed by atoms with van der Waals surface area (Å²) in [6.45, 7) is 3.38. The van der Waals surface area contributed by atoms with E-state index in [9.17, 15) is 28.8 Å². The lowest BCUT2D eigenvalue weighted by Crippen LogP contribution is -2.49. The van der Waals surface area contributed by atoms with E-state index in [1.165, 1.54) is 13.8 Å². The van der Waals surface area contributed by atoms with Crippen molar-refractivity contribution >= 4 is 46.6 Å². The van der Waals surface area contributed by atoms with Crippen molar-refractivity contribution in [2.75, 3.05) is 59.7 Å². The number of nitrogens with one attached hydrogen (secondary N) is 2. The highest BCUT2D eigenvalue weighted by molar-refractivity contribution is 8.13. The van der Waals surface area contributed by atoms with E-state index in [-0.39, 0.29) is 50.0 Å². The highest BCUT2D eigenvalue weighted by Crippen LogP contribution is 2.25. The van der Waals surface area contributed by atoms with Crippen molar-refractivity contribution in [3.8, 4) is 0 Å². The molecule has 0 aliphatic carbocycles. The number of carbonyl (C=O) groups excluding carboxylic acids is 6. The van der Waals surface area contributed by atoms with Crippen molar-refractivity contribution < 1.29 is 47.5 Å². The van der Waals surface area contributed by atoms with Crippen LogP contribution < -0.4 is 10.6 Å². The zero-order valence-electron chi connectivity index (χ0n) is 21.0. The van der Waals surface area contributed by atoms with E-state index >= 15 is 0 Å². The number of ether oxygens (including phenoxy) is 3. The van der Waals surface area contributed by atoms with Crippen LogP contribution in [0.15, 0.2) is 0 Å². The molecule has 1 saturated heterocycles. The van der Waals surface area contributed by atoms with Crippen LogP contribution in [0.1, 0.15) is 33.1 Å². The fourth-order valence-electron chi connectivity index (χ4n) is 2.73. The average Bonchev–Trinajstić information content (AvgIpc) is 2.75. The van der Waals surface area contributed by atoms with Crippen LogP contribution in [0.5, 0.6) is 0 Å². The molecule has 0 radical (unpaired) electrons. The molecule has 2 amide bonds. The lowest BCUT2D eigenvalue weighted by atomic mass is 9.86. The van der Waals surface area contributed by atoms with Gasteiger partial charge in [-0.25, -0.2) is 9.59 Å². The van der Waals surface area contributed by atoms with Gasteiger partial charge in [-0.3, -0.25) is 19.2 Å². The van der Waals surface area contributed by atoms with E-state index in [0.717, 1.165) is 11.8 Å². The molecule has 13 heteroatoms. The second-order valence-corrected chi connectivity index (χ2v) is 10.8. The Hall–Kier alpha value is -2.67. The number of hydrogen-bond donors (Lipinski definition) is 2. The van der Waals surface area contributed by atoms with E-state index in [1.54, 1.807) is 0 Å². The zero-order chi connectivity index (χ0) is 26.6. The van der Waals surface area contributed by atoms with Crippen molar-refractivity contribution in [1.82, 2.24) is 10.6 Å². The number of carbonyl (C=O) groups is 6. The van der Waals surface area contributed by atoms with Crippen molar-refractivity contribution in [1.29, 1.82) is 0 Å². The Morgan fingerprint density at radius 1 is 1.00 bits per heavy atom. The van der Waals surface area contributed by atoms with Gasteiger partial charge in [0, 0.05) is 37.1 Å². The molecule has 0 saturated carbocycles. The number of cyclic esters (lactones) is 1. The first kappa shape index (κ1) is 30.4. The molecule has 1 aliphatic rings. The van der Waals surface area contributed by atoms with E-state index in [0.29, 0.717) is 16.8 Å². The van der Waals surface area contributed by atoms with Crippen LogP contribution in [0.3, 0.4) is 0 Å². The van der Waals surface area contributed by atoms with Gasteiger partial charge in [-0.15, -0.1) is 0 Å². The summed E-state index contributed by atoms with van der Waals surface area (Å²) >= 11 is 0.994. The van der Waals surface area contributed by atoms with Crippen LogP contribution in [-0.2, 0) is 43.0 Å². The van der Waals surface area contributed by atoms with Gasteiger partial charge < -0.3 is 29.3 Å². The number of rotatable bonds is 6. The fourth-order valence-corrected chi connectivity index (χ4v) is 3.41. The predicted octanol–water partition coefficient (Wildman–Crippen LogP) is -0.607. The Morgan fingerprint density at radius 3 is 2.31 bits per heavy atom. The maximum absolute atomic E-state index is 12.8. The monoisotopic (exact) mass is 518 g/mol. The third-order valence-electron chi connectivity index (χ3n) is 4.81. The molecule has 0 bridgehead atoms. The average molecular weight is 519 g/mol. The van der Waals surface area contributed by atoms with E-state index < -0.39 is 41.9 Å². The number of nitrogens with zero attached hydrogens (tertiary/aromatic N) is 1. The Bertz CT molecular complexity index is 808. The second-order valence-electron chi connectivity index (χ2n) is 9.70. The lowest BCUT2D eigenvalue weighted by molar-refractivity contribution is -0.870. The highest BCUT2D eigenvalue weighted by atomic mass is 32.2. The molecule has 0 spiro atoms. The Labute approximate surface area is 209 Å². The molecule has 35 heavy (non-hydrogen) atoms. The third kappa shape index (κ3) is 12.6. The van der Waals surface area contributed by atoms with Crippen LogP contribution in [0.2, 0.25) is 0 Å². The second kappa shape index (κ2) is 14.0. The zero-order valence-corrected chi connectivity index (χ0v) is 21.8. The summed E-state index contributed by atoms with van der Waals surface area (Å²) in [5, 5.41) is 4.93. The van der Waals surface area contributed by atoms with Gasteiger partial charge in [0.15, 0.2) is 11.2 Å². The first-order valence-electron chi connectivity index (χ1n) is 11.2. The van der Waals surface area contributed by atoms with E-state index in [1.807, 2.05) is 21.1 Å². The largest absolute Gasteiger partial charge is 0.457 e. The Balaban J connectivity index is 2.82. The summed E-state index contributed by atoms with van der Waals surface area (Å²) in [6, 6.07) is 0. The van der Waals surface area contributed by atoms with Gasteiger partial charge >= 0.3 is 17.9 Å². The van der Waals surface area contributed by atoms with Crippen molar-refractivity contribution in [2.24, 2.45) is 5.41 Å². The van der Waals surface area contributed by atoms with Crippen LogP contribution in [-0.4, -0.2) is 105 Å². The molecular weight excluding hydrogens is 482 g/mol. The number of hydrogen-bond acceptors (Lipinski definition) is 10. The lowest BCUT2D eigenvalue weighted by Gasteiger charge is -2.32. The van der Waals surface area contributed by atoms with Gasteiger partial charge in [-0.2, -0.15) is 0 Å². The van der Waals surface area contributed by atoms with Gasteiger partial charge in [-0.05, 0) is 0 Å². The summed E-state index contributed by atoms with van der Waals surface area (Å²) in [6.07, 6.45) is -1.76. The quantitative estimate of drug-likeness (QED) is 0.201. The number of amides is 2. The number of thioether (sulfide) groups is 1. The molecular formula is C22H36N3O9S+. The highest BCUT2D eigenvalue weighted by Gasteiger charge is 2.40. The number of esters is 3. The minimum Gasteiger partial charge on any atom is -0.457 e. The predicted molar refractivity (Wildman–Crippen MR) is 126 cm³/mol. The smallest absolute Gasteiger partial charge is 0.417 e. The van der Waals surface area contributed by atoms with Gasteiger partial charge in [0.2, 0.25) is 5.91 Å². The van der Waals surface area contributed by atoms with Crippen molar-refractivity contribution in [3.63, 3.8) is 0 Å². The molecule has 0 aromatic heterocycles. The normalized spacial score (nSPS) is 19.4. The standard InChI is InChI=1S/C22H35N3O9S/c1-22(2,14-33-21(31)20(30)32-12-11-25(3,4)5)18-19(29)24-9-8-15(26)23-10-13-35-17(28)7-6-16(27)34-18/h18H,6-14H2,1-5H3,(H-,23,24,26,29)/p+1/t18-/m0/s1. The first-order valence-corrected chi connectivity index (χ1v) is 12.2. The maximum atomic E-state index is 12.8. The van der Waals surface area contributed by atoms with E-state index in [4.69, 9.17) is 14.2 Å². The van der Waals surface area contributed by atoms with E-state index in [2.05, 4.69) is 10.6 Å². The molecule has 198 valence electrons. The molecule has 0 aromatic rings. The van der Waals surface area contributed by atoms with Gasteiger partial charge in [-0.1, -0.05) is 25.6 Å². The Kier molecular flexibility index (Phi) is 12.2. The summed E-state index contributed by atoms with van der Waals surface area (Å²) < 4.78 is 15.8. The molecule has 1 fully saturated rings. The van der Waals surface area contributed by atoms with Crippen molar-refractivity contribution in [2.45, 2.75) is 39.2 Å². The minimum atomic E-state index is -1.41. The molecule has 0 unspecified atom stereocenters. The first-order chi connectivity index (χ1) is 16.2. The summed E-state index contributed by atoms with van der Waals surface area (Å²) in [5.74, 6) is -3.82. The molecule has 2 N–H and O–H groups in total. The van der Waals surface area contributed by atoms with Crippen LogP contribution in [0.4, 0.5) is 0 Å². The SMILES string of the molecule is CC(C)(COC(=O)C(=O)OCC[N+](C)(C)C)[C@H]1OC(=O)CCC(=O)SCCNC(=O)CCNC1=O. The molecule has 1 aliphatic heterocycles. The Morgan fingerprint density at radius 2 is 1.66 bits per heavy atom. The number of likely N-dealkylation sites (N-methyl/N-ethyl adjacent to an activating group) is 1. The molecule has 1 atom stereocenters. The van der Waals surface area contributed by atoms with Gasteiger partial charge in [0.25, 0.3) is 5.91 Å². The molecule has 0 aromatic carbocycles. The minimum absolute atomic E-state index is 0.0143. The molecule has 1 rings (SSSR count). The molecule has 12 nitrogen and oxygen atoms in total. The van der Waals surface area contributed by atoms with Crippen molar-refractivity contribution in [3.05, 3.63) is 0 Å². The number of quaternary nitrogens is 1. The van der Waals surface area contributed by atoms with Gasteiger partial charge in [0.05, 0.1) is 27.6 Å². The topological polar surface area (TPSA) is 154 Å². The van der Waals surface area contributed by atoms with Crippen LogP contribution >= 0.6 is 11.8 Å². The maximum Gasteiger partial charge on any atom is 0.417 e. The van der Waals surface area contributed by atoms with Gasteiger partial charge in [0.1, 0.15) is 19.8 Å². The van der Waals surface area contributed by atoms with Crippen LogP contribution in [0.25, 0.3) is 0 Å². The summed E-state index contributed by atoms with van der Waals surface area (Å²) in [5.41, 5.74) is -1.24. The molecule has 1 heterocycles. The third-order valence-corrected chi connectivity index (χ3v) is 5.74. The summed E-state index contributed by atoms with van der Waals surface area (Å²) in [4.78, 5) is 72.9.